The fourth-order valence-corrected chi connectivity index (χ4v) is 2.26. The molecule has 10 heteroatoms. The number of piperidine rings is 1. The molecule has 1 fully saturated rings. The maximum atomic E-state index is 12.3. The number of halogens is 3. The van der Waals surface area contributed by atoms with Crippen LogP contribution in [0, 0.1) is 0 Å². The van der Waals surface area contributed by atoms with Gasteiger partial charge in [0.15, 0.2) is 5.01 Å². The first-order valence-corrected chi connectivity index (χ1v) is 6.26. The molecule has 2 heterocycles. The van der Waals surface area contributed by atoms with Gasteiger partial charge in [-0.1, -0.05) is 0 Å². The second-order valence-corrected chi connectivity index (χ2v) is 5.04. The van der Waals surface area contributed by atoms with E-state index in [9.17, 15) is 27.6 Å². The summed E-state index contributed by atoms with van der Waals surface area (Å²) in [5.41, 5.74) is 0. The van der Waals surface area contributed by atoms with Crippen LogP contribution in [-0.2, 0) is 15.8 Å². The Morgan fingerprint density at radius 1 is 1.45 bits per heavy atom. The molecule has 1 atom stereocenters. The predicted molar refractivity (Wildman–Crippen MR) is 60.8 cm³/mol. The first kappa shape index (κ1) is 14.4. The molecule has 108 valence electrons. The number of carbonyl (C=O) groups excluding carboxylic acids is 3. The molecule has 0 bridgehead atoms. The normalized spacial score (nSPS) is 19.6. The highest BCUT2D eigenvalue weighted by Crippen LogP contribution is 2.32. The van der Waals surface area contributed by atoms with Crippen molar-refractivity contribution < 1.29 is 27.6 Å². The molecule has 2 rings (SSSR count). The minimum Gasteiger partial charge on any atom is -0.339 e. The Labute approximate surface area is 114 Å². The van der Waals surface area contributed by atoms with Crippen LogP contribution < -0.4 is 10.6 Å². The van der Waals surface area contributed by atoms with Crippen molar-refractivity contribution in [2.75, 3.05) is 0 Å². The van der Waals surface area contributed by atoms with Gasteiger partial charge in [-0.25, -0.2) is 4.98 Å². The van der Waals surface area contributed by atoms with Gasteiger partial charge in [0.05, 0.1) is 6.20 Å². The number of rotatable bonds is 2. The van der Waals surface area contributed by atoms with E-state index in [2.05, 4.69) is 10.3 Å². The molecule has 1 aromatic rings. The Balaban J connectivity index is 2.03. The summed E-state index contributed by atoms with van der Waals surface area (Å²) in [7, 11) is 0. The summed E-state index contributed by atoms with van der Waals surface area (Å²) in [5.74, 6) is -1.94. The molecule has 6 nitrogen and oxygen atoms in total. The van der Waals surface area contributed by atoms with E-state index in [-0.39, 0.29) is 29.1 Å². The van der Waals surface area contributed by atoms with Gasteiger partial charge < -0.3 is 5.32 Å². The molecule has 1 aliphatic heterocycles. The molecule has 1 aliphatic rings. The Morgan fingerprint density at radius 2 is 2.15 bits per heavy atom. The number of thiazole rings is 1. The minimum atomic E-state index is -4.61. The molecule has 0 saturated carbocycles. The number of imide groups is 1. The van der Waals surface area contributed by atoms with Crippen LogP contribution in [0.3, 0.4) is 0 Å². The quantitative estimate of drug-likeness (QED) is 0.787. The number of nitrogens with zero attached hydrogens (tertiary/aromatic N) is 1. The van der Waals surface area contributed by atoms with Gasteiger partial charge in [0.2, 0.25) is 11.8 Å². The van der Waals surface area contributed by atoms with E-state index in [0.717, 1.165) is 6.20 Å². The Morgan fingerprint density at radius 3 is 2.70 bits per heavy atom. The molecule has 3 amide bonds. The number of hydrogen-bond acceptors (Lipinski definition) is 5. The zero-order chi connectivity index (χ0) is 14.9. The topological polar surface area (TPSA) is 88.2 Å². The lowest BCUT2D eigenvalue weighted by atomic mass is 10.1. The van der Waals surface area contributed by atoms with Crippen molar-refractivity contribution in [3.63, 3.8) is 0 Å². The molecule has 0 spiro atoms. The molecule has 0 aromatic carbocycles. The second kappa shape index (κ2) is 5.19. The van der Waals surface area contributed by atoms with Crippen LogP contribution in [-0.4, -0.2) is 28.7 Å². The average molecular weight is 307 g/mol. The van der Waals surface area contributed by atoms with Crippen LogP contribution in [0.15, 0.2) is 6.20 Å². The van der Waals surface area contributed by atoms with E-state index in [1.165, 1.54) is 0 Å². The van der Waals surface area contributed by atoms with Gasteiger partial charge in [0, 0.05) is 6.42 Å². The molecule has 0 radical (unpaired) electrons. The molecule has 1 aromatic heterocycles. The van der Waals surface area contributed by atoms with Crippen molar-refractivity contribution in [1.82, 2.24) is 15.6 Å². The first-order chi connectivity index (χ1) is 9.27. The number of carbonyl (C=O) groups is 3. The van der Waals surface area contributed by atoms with Crippen molar-refractivity contribution in [2.24, 2.45) is 0 Å². The van der Waals surface area contributed by atoms with Crippen LogP contribution in [0.5, 0.6) is 0 Å². The van der Waals surface area contributed by atoms with Crippen molar-refractivity contribution in [3.05, 3.63) is 16.1 Å². The fraction of sp³-hybridized carbons (Fsp3) is 0.400. The monoisotopic (exact) mass is 307 g/mol. The molecular weight excluding hydrogens is 299 g/mol. The molecule has 2 N–H and O–H groups in total. The van der Waals surface area contributed by atoms with Gasteiger partial charge in [0.25, 0.3) is 5.91 Å². The second-order valence-electron chi connectivity index (χ2n) is 4.00. The zero-order valence-corrected chi connectivity index (χ0v) is 10.6. The van der Waals surface area contributed by atoms with Gasteiger partial charge in [-0.05, 0) is 6.42 Å². The molecular formula is C10H8F3N3O3S. The fourth-order valence-electron chi connectivity index (χ4n) is 1.57. The molecule has 20 heavy (non-hydrogen) atoms. The molecule has 1 unspecified atom stereocenters. The average Bonchev–Trinajstić information content (AvgIpc) is 2.82. The van der Waals surface area contributed by atoms with E-state index in [0.29, 0.717) is 0 Å². The van der Waals surface area contributed by atoms with E-state index >= 15 is 0 Å². The molecule has 1 saturated heterocycles. The Hall–Kier alpha value is -1.97. The third kappa shape index (κ3) is 3.13. The minimum absolute atomic E-state index is 0.0627. The van der Waals surface area contributed by atoms with E-state index in [1.807, 2.05) is 5.32 Å². The third-order valence-corrected chi connectivity index (χ3v) is 3.56. The van der Waals surface area contributed by atoms with Gasteiger partial charge >= 0.3 is 6.18 Å². The van der Waals surface area contributed by atoms with Crippen molar-refractivity contribution >= 4 is 29.1 Å². The van der Waals surface area contributed by atoms with Gasteiger partial charge in [-0.3, -0.25) is 19.7 Å². The van der Waals surface area contributed by atoms with Crippen LogP contribution in [0.25, 0.3) is 0 Å². The number of alkyl halides is 3. The lowest BCUT2D eigenvalue weighted by Gasteiger charge is -2.21. The van der Waals surface area contributed by atoms with E-state index in [1.54, 1.807) is 0 Å². The van der Waals surface area contributed by atoms with Crippen molar-refractivity contribution in [2.45, 2.75) is 25.1 Å². The largest absolute Gasteiger partial charge is 0.443 e. The molecule has 0 aliphatic carbocycles. The first-order valence-electron chi connectivity index (χ1n) is 5.45. The summed E-state index contributed by atoms with van der Waals surface area (Å²) in [6.45, 7) is 0. The number of hydrogen-bond donors (Lipinski definition) is 2. The van der Waals surface area contributed by atoms with Crippen molar-refractivity contribution in [1.29, 1.82) is 0 Å². The SMILES string of the molecule is O=C1CCC(NC(=O)c2cnc(C(F)(F)F)s2)C(=O)N1. The number of aromatic nitrogens is 1. The zero-order valence-electron chi connectivity index (χ0n) is 9.78. The number of amides is 3. The predicted octanol–water partition coefficient (Wildman–Crippen LogP) is 0.697. The van der Waals surface area contributed by atoms with Gasteiger partial charge in [0.1, 0.15) is 10.9 Å². The van der Waals surface area contributed by atoms with Crippen LogP contribution >= 0.6 is 11.3 Å². The van der Waals surface area contributed by atoms with E-state index < -0.39 is 34.9 Å². The summed E-state index contributed by atoms with van der Waals surface area (Å²) in [6.07, 6.45) is -3.64. The summed E-state index contributed by atoms with van der Waals surface area (Å²) >= 11 is 0.191. The van der Waals surface area contributed by atoms with Crippen LogP contribution in [0.1, 0.15) is 27.5 Å². The van der Waals surface area contributed by atoms with E-state index in [4.69, 9.17) is 0 Å². The Kier molecular flexibility index (Phi) is 3.75. The number of nitrogens with one attached hydrogen (secondary N) is 2. The summed E-state index contributed by atoms with van der Waals surface area (Å²) in [6, 6.07) is -0.934. The highest BCUT2D eigenvalue weighted by Gasteiger charge is 2.36. The maximum Gasteiger partial charge on any atom is 0.443 e. The summed E-state index contributed by atoms with van der Waals surface area (Å²) in [4.78, 5) is 36.9. The summed E-state index contributed by atoms with van der Waals surface area (Å²) in [5, 5.41) is 3.17. The lowest BCUT2D eigenvalue weighted by molar-refractivity contribution is -0.138. The van der Waals surface area contributed by atoms with Gasteiger partial charge in [-0.2, -0.15) is 13.2 Å². The highest BCUT2D eigenvalue weighted by molar-refractivity contribution is 7.13. The van der Waals surface area contributed by atoms with Gasteiger partial charge in [-0.15, -0.1) is 11.3 Å². The Bertz CT molecular complexity index is 570. The lowest BCUT2D eigenvalue weighted by Crippen LogP contribution is -2.52. The highest BCUT2D eigenvalue weighted by atomic mass is 32.1. The smallest absolute Gasteiger partial charge is 0.339 e. The maximum absolute atomic E-state index is 12.3. The summed E-state index contributed by atoms with van der Waals surface area (Å²) < 4.78 is 37.0. The van der Waals surface area contributed by atoms with Crippen LogP contribution in [0.2, 0.25) is 0 Å². The van der Waals surface area contributed by atoms with Crippen LogP contribution in [0.4, 0.5) is 13.2 Å². The third-order valence-electron chi connectivity index (χ3n) is 2.52. The standard InChI is InChI=1S/C10H8F3N3O3S/c11-10(12,13)9-14-3-5(20-9)8(19)15-4-1-2-6(17)16-7(4)18/h3-4H,1-2H2,(H,15,19)(H,16,17,18). The van der Waals surface area contributed by atoms with Crippen molar-refractivity contribution in [3.8, 4) is 0 Å².